The number of nitrogens with zero attached hydrogens (tertiary/aromatic N) is 3. The van der Waals surface area contributed by atoms with Crippen molar-refractivity contribution in [1.29, 1.82) is 0 Å². The first-order valence-corrected chi connectivity index (χ1v) is 7.17. The van der Waals surface area contributed by atoms with Gasteiger partial charge in [-0.1, -0.05) is 31.2 Å². The van der Waals surface area contributed by atoms with Crippen LogP contribution >= 0.6 is 0 Å². The van der Waals surface area contributed by atoms with Gasteiger partial charge in [0, 0.05) is 6.54 Å². The van der Waals surface area contributed by atoms with E-state index in [1.165, 1.54) is 11.1 Å². The lowest BCUT2D eigenvalue weighted by molar-refractivity contribution is -0.117. The van der Waals surface area contributed by atoms with Gasteiger partial charge in [-0.05, 0) is 24.1 Å². The Morgan fingerprint density at radius 1 is 1.43 bits per heavy atom. The Balaban J connectivity index is 1.87. The number of hydrogen-bond acceptors (Lipinski definition) is 4. The number of primary amides is 1. The zero-order valence-corrected chi connectivity index (χ0v) is 12.0. The predicted octanol–water partition coefficient (Wildman–Crippen LogP) is 0.952. The largest absolute Gasteiger partial charge is 0.369 e. The molecule has 1 unspecified atom stereocenters. The highest BCUT2D eigenvalue weighted by Crippen LogP contribution is 2.31. The molecule has 0 saturated heterocycles. The van der Waals surface area contributed by atoms with E-state index in [0.29, 0.717) is 5.82 Å². The molecule has 0 radical (unpaired) electrons. The second-order valence-electron chi connectivity index (χ2n) is 5.34. The summed E-state index contributed by atoms with van der Waals surface area (Å²) >= 11 is 0. The van der Waals surface area contributed by atoms with Crippen LogP contribution in [0.15, 0.2) is 24.3 Å². The molecule has 110 valence electrons. The van der Waals surface area contributed by atoms with E-state index in [1.807, 2.05) is 0 Å². The number of benzene rings is 1. The number of carbonyl (C=O) groups is 1. The van der Waals surface area contributed by atoms with E-state index >= 15 is 0 Å². The molecule has 1 aromatic heterocycles. The summed E-state index contributed by atoms with van der Waals surface area (Å²) in [7, 11) is 0. The van der Waals surface area contributed by atoms with Crippen molar-refractivity contribution in [2.45, 2.75) is 32.4 Å². The summed E-state index contributed by atoms with van der Waals surface area (Å²) < 4.78 is 0. The standard InChI is InChI=1S/C15H19N5O/c1-2-20-9-11-6-4-3-5-10(11)7-12(20)15-17-14(18-19-15)8-13(16)21/h3-6,12H,2,7-9H2,1H3,(H2,16,21)(H,17,18,19). The van der Waals surface area contributed by atoms with Gasteiger partial charge >= 0.3 is 0 Å². The maximum atomic E-state index is 11.0. The van der Waals surface area contributed by atoms with Gasteiger partial charge in [-0.2, -0.15) is 5.10 Å². The van der Waals surface area contributed by atoms with Crippen molar-refractivity contribution in [2.75, 3.05) is 6.54 Å². The predicted molar refractivity (Wildman–Crippen MR) is 78.3 cm³/mol. The monoisotopic (exact) mass is 285 g/mol. The van der Waals surface area contributed by atoms with E-state index in [-0.39, 0.29) is 12.5 Å². The zero-order valence-electron chi connectivity index (χ0n) is 12.0. The Labute approximate surface area is 123 Å². The number of nitrogens with two attached hydrogens (primary N) is 1. The molecule has 1 aliphatic heterocycles. The van der Waals surface area contributed by atoms with Crippen molar-refractivity contribution in [3.8, 4) is 0 Å². The summed E-state index contributed by atoms with van der Waals surface area (Å²) in [6.07, 6.45) is 0.986. The van der Waals surface area contributed by atoms with Crippen LogP contribution in [-0.2, 0) is 24.2 Å². The van der Waals surface area contributed by atoms with E-state index in [0.717, 1.165) is 25.3 Å². The van der Waals surface area contributed by atoms with Crippen LogP contribution in [0.2, 0.25) is 0 Å². The van der Waals surface area contributed by atoms with Gasteiger partial charge in [0.2, 0.25) is 5.91 Å². The van der Waals surface area contributed by atoms with Gasteiger partial charge in [-0.3, -0.25) is 14.8 Å². The van der Waals surface area contributed by atoms with Crippen LogP contribution in [0.1, 0.15) is 35.7 Å². The molecule has 0 saturated carbocycles. The summed E-state index contributed by atoms with van der Waals surface area (Å²) in [5, 5.41) is 7.09. The summed E-state index contributed by atoms with van der Waals surface area (Å²) in [6.45, 7) is 3.97. The second-order valence-corrected chi connectivity index (χ2v) is 5.34. The van der Waals surface area contributed by atoms with Crippen LogP contribution in [-0.4, -0.2) is 32.5 Å². The van der Waals surface area contributed by atoms with Crippen molar-refractivity contribution in [3.05, 3.63) is 47.0 Å². The van der Waals surface area contributed by atoms with Gasteiger partial charge in [-0.15, -0.1) is 0 Å². The van der Waals surface area contributed by atoms with Gasteiger partial charge in [0.15, 0.2) is 5.82 Å². The average molecular weight is 285 g/mol. The van der Waals surface area contributed by atoms with Gasteiger partial charge in [0.05, 0.1) is 12.5 Å². The fourth-order valence-electron chi connectivity index (χ4n) is 2.87. The molecule has 1 amide bonds. The highest BCUT2D eigenvalue weighted by atomic mass is 16.1. The van der Waals surface area contributed by atoms with Crippen molar-refractivity contribution in [3.63, 3.8) is 0 Å². The van der Waals surface area contributed by atoms with Crippen molar-refractivity contribution in [2.24, 2.45) is 5.73 Å². The average Bonchev–Trinajstić information content (AvgIpc) is 2.93. The van der Waals surface area contributed by atoms with Crippen molar-refractivity contribution >= 4 is 5.91 Å². The molecule has 6 heteroatoms. The number of amides is 1. The van der Waals surface area contributed by atoms with Crippen LogP contribution in [0.25, 0.3) is 0 Å². The summed E-state index contributed by atoms with van der Waals surface area (Å²) in [5.41, 5.74) is 7.90. The third-order valence-corrected chi connectivity index (χ3v) is 3.94. The third kappa shape index (κ3) is 2.80. The number of fused-ring (bicyclic) bond motifs is 1. The number of aromatic amines is 1. The Morgan fingerprint density at radius 3 is 2.90 bits per heavy atom. The van der Waals surface area contributed by atoms with Crippen LogP contribution in [0.4, 0.5) is 0 Å². The maximum absolute atomic E-state index is 11.0. The summed E-state index contributed by atoms with van der Waals surface area (Å²) in [4.78, 5) is 17.7. The van der Waals surface area contributed by atoms with Crippen LogP contribution < -0.4 is 5.73 Å². The van der Waals surface area contributed by atoms with Gasteiger partial charge in [0.25, 0.3) is 0 Å². The molecule has 3 N–H and O–H groups in total. The molecule has 0 fully saturated rings. The maximum Gasteiger partial charge on any atom is 0.225 e. The number of likely N-dealkylation sites (N-methyl/N-ethyl adjacent to an activating group) is 1. The lowest BCUT2D eigenvalue weighted by Gasteiger charge is -2.34. The summed E-state index contributed by atoms with van der Waals surface area (Å²) in [5.74, 6) is 0.869. The Morgan fingerprint density at radius 2 is 2.19 bits per heavy atom. The molecule has 0 spiro atoms. The molecule has 21 heavy (non-hydrogen) atoms. The molecule has 0 aliphatic carbocycles. The first-order chi connectivity index (χ1) is 10.2. The molecule has 1 aliphatic rings. The number of nitrogens with one attached hydrogen (secondary N) is 1. The smallest absolute Gasteiger partial charge is 0.225 e. The number of rotatable bonds is 4. The number of H-pyrrole nitrogens is 1. The lowest BCUT2D eigenvalue weighted by atomic mass is 9.93. The lowest BCUT2D eigenvalue weighted by Crippen LogP contribution is -2.34. The van der Waals surface area contributed by atoms with Gasteiger partial charge < -0.3 is 5.73 Å². The van der Waals surface area contributed by atoms with Crippen LogP contribution in [0.5, 0.6) is 0 Å². The van der Waals surface area contributed by atoms with E-state index < -0.39 is 5.91 Å². The SMILES string of the molecule is CCN1Cc2ccccc2CC1c1n[nH]c(CC(N)=O)n1. The molecule has 1 aromatic carbocycles. The Bertz CT molecular complexity index is 651. The van der Waals surface area contributed by atoms with Crippen LogP contribution in [0.3, 0.4) is 0 Å². The van der Waals surface area contributed by atoms with Crippen LogP contribution in [0, 0.1) is 0 Å². The molecule has 3 rings (SSSR count). The molecule has 2 aromatic rings. The normalized spacial score (nSPS) is 18.4. The highest BCUT2D eigenvalue weighted by Gasteiger charge is 2.29. The minimum atomic E-state index is -0.404. The Hall–Kier alpha value is -2.21. The second kappa shape index (κ2) is 5.65. The number of hydrogen-bond donors (Lipinski definition) is 2. The fourth-order valence-corrected chi connectivity index (χ4v) is 2.87. The first kappa shape index (κ1) is 13.8. The van der Waals surface area contributed by atoms with Crippen molar-refractivity contribution < 1.29 is 4.79 Å². The summed E-state index contributed by atoms with van der Waals surface area (Å²) in [6, 6.07) is 8.61. The van der Waals surface area contributed by atoms with E-state index in [1.54, 1.807) is 0 Å². The molecule has 2 heterocycles. The Kier molecular flexibility index (Phi) is 3.70. The van der Waals surface area contributed by atoms with E-state index in [4.69, 9.17) is 5.73 Å². The molecule has 6 nitrogen and oxygen atoms in total. The topological polar surface area (TPSA) is 87.9 Å². The minimum Gasteiger partial charge on any atom is -0.369 e. The highest BCUT2D eigenvalue weighted by molar-refractivity contribution is 5.75. The van der Waals surface area contributed by atoms with Gasteiger partial charge in [0.1, 0.15) is 5.82 Å². The number of carbonyl (C=O) groups excluding carboxylic acids is 1. The molecular weight excluding hydrogens is 266 g/mol. The molecular formula is C15H19N5O. The molecule has 1 atom stereocenters. The van der Waals surface area contributed by atoms with Gasteiger partial charge in [-0.25, -0.2) is 4.98 Å². The third-order valence-electron chi connectivity index (χ3n) is 3.94. The fraction of sp³-hybridized carbons (Fsp3) is 0.400. The van der Waals surface area contributed by atoms with E-state index in [2.05, 4.69) is 51.3 Å². The first-order valence-electron chi connectivity index (χ1n) is 7.17. The zero-order chi connectivity index (χ0) is 14.8. The molecule has 0 bridgehead atoms. The number of aromatic nitrogens is 3. The minimum absolute atomic E-state index is 0.0996. The quantitative estimate of drug-likeness (QED) is 0.875. The van der Waals surface area contributed by atoms with E-state index in [9.17, 15) is 4.79 Å². The van der Waals surface area contributed by atoms with Crippen molar-refractivity contribution in [1.82, 2.24) is 20.1 Å².